The van der Waals surface area contributed by atoms with Gasteiger partial charge in [0.2, 0.25) is 0 Å². The Hall–Kier alpha value is -2.73. The van der Waals surface area contributed by atoms with Crippen LogP contribution in [-0.4, -0.2) is 29.5 Å². The van der Waals surface area contributed by atoms with E-state index in [2.05, 4.69) is 15.6 Å². The van der Waals surface area contributed by atoms with E-state index in [0.29, 0.717) is 12.1 Å². The van der Waals surface area contributed by atoms with Crippen molar-refractivity contribution in [3.63, 3.8) is 0 Å². The molecule has 2 N–H and O–H groups in total. The number of hydrogen-bond donors (Lipinski definition) is 2. The summed E-state index contributed by atoms with van der Waals surface area (Å²) in [4.78, 5) is 14.5. The molecule has 0 bridgehead atoms. The quantitative estimate of drug-likeness (QED) is 0.445. The predicted octanol–water partition coefficient (Wildman–Crippen LogP) is 2.70. The van der Waals surface area contributed by atoms with E-state index >= 15 is 0 Å². The van der Waals surface area contributed by atoms with E-state index in [1.807, 2.05) is 18.2 Å². The fourth-order valence-corrected chi connectivity index (χ4v) is 1.93. The van der Waals surface area contributed by atoms with E-state index in [1.54, 1.807) is 36.7 Å². The number of pyridine rings is 1. The van der Waals surface area contributed by atoms with Crippen LogP contribution >= 0.6 is 0 Å². The molecule has 2 aromatic rings. The van der Waals surface area contributed by atoms with Crippen LogP contribution in [0.2, 0.25) is 0 Å². The van der Waals surface area contributed by atoms with Gasteiger partial charge >= 0.3 is 0 Å². The molecule has 6 nitrogen and oxygen atoms in total. The lowest BCUT2D eigenvalue weighted by molar-refractivity contribution is -0.385. The molecular formula is C16H18N4O2. The number of benzene rings is 1. The van der Waals surface area contributed by atoms with Crippen molar-refractivity contribution >= 4 is 17.5 Å². The second-order valence-electron chi connectivity index (χ2n) is 4.59. The number of nitrogens with one attached hydrogen (secondary N) is 2. The molecule has 0 aliphatic rings. The third kappa shape index (κ3) is 4.99. The molecule has 0 aliphatic heterocycles. The maximum absolute atomic E-state index is 10.9. The normalized spacial score (nSPS) is 10.7. The third-order valence-electron chi connectivity index (χ3n) is 3.00. The summed E-state index contributed by atoms with van der Waals surface area (Å²) in [6.45, 7) is 2.25. The Kier molecular flexibility index (Phi) is 6.07. The van der Waals surface area contributed by atoms with Gasteiger partial charge in [-0.25, -0.2) is 0 Å². The molecule has 0 radical (unpaired) electrons. The Morgan fingerprint density at radius 1 is 1.14 bits per heavy atom. The van der Waals surface area contributed by atoms with Gasteiger partial charge in [-0.1, -0.05) is 24.3 Å². The van der Waals surface area contributed by atoms with E-state index in [1.165, 1.54) is 6.07 Å². The Labute approximate surface area is 129 Å². The number of aromatic nitrogens is 1. The topological polar surface area (TPSA) is 80.1 Å². The summed E-state index contributed by atoms with van der Waals surface area (Å²) in [5.74, 6) is 0. The molecule has 0 aliphatic carbocycles. The van der Waals surface area contributed by atoms with E-state index in [0.717, 1.165) is 18.8 Å². The van der Waals surface area contributed by atoms with Crippen molar-refractivity contribution in [2.24, 2.45) is 0 Å². The highest BCUT2D eigenvalue weighted by Crippen LogP contribution is 2.18. The van der Waals surface area contributed by atoms with Crippen molar-refractivity contribution in [3.05, 3.63) is 70.5 Å². The van der Waals surface area contributed by atoms with Gasteiger partial charge in [0.1, 0.15) is 0 Å². The van der Waals surface area contributed by atoms with Gasteiger partial charge in [-0.05, 0) is 18.2 Å². The maximum Gasteiger partial charge on any atom is 0.276 e. The highest BCUT2D eigenvalue weighted by Gasteiger charge is 2.08. The van der Waals surface area contributed by atoms with Crippen LogP contribution in [-0.2, 0) is 0 Å². The zero-order valence-electron chi connectivity index (χ0n) is 12.1. The SMILES string of the molecule is O=[N+]([O-])c1ccccc1C=CCNCCNc1ccncc1. The molecule has 0 amide bonds. The Balaban J connectivity index is 1.69. The molecule has 2 rings (SSSR count). The molecule has 1 aromatic carbocycles. The largest absolute Gasteiger partial charge is 0.384 e. The lowest BCUT2D eigenvalue weighted by Crippen LogP contribution is -2.22. The maximum atomic E-state index is 10.9. The molecule has 0 unspecified atom stereocenters. The lowest BCUT2D eigenvalue weighted by atomic mass is 10.1. The fourth-order valence-electron chi connectivity index (χ4n) is 1.93. The van der Waals surface area contributed by atoms with Gasteiger partial charge in [-0.15, -0.1) is 0 Å². The van der Waals surface area contributed by atoms with E-state index < -0.39 is 0 Å². The second-order valence-corrected chi connectivity index (χ2v) is 4.59. The molecule has 1 aromatic heterocycles. The van der Waals surface area contributed by atoms with Gasteiger partial charge in [0, 0.05) is 43.8 Å². The Morgan fingerprint density at radius 3 is 2.68 bits per heavy atom. The van der Waals surface area contributed by atoms with Crippen LogP contribution in [0.5, 0.6) is 0 Å². The number of nitro benzene ring substituents is 1. The zero-order valence-corrected chi connectivity index (χ0v) is 12.1. The van der Waals surface area contributed by atoms with E-state index in [-0.39, 0.29) is 10.6 Å². The molecular weight excluding hydrogens is 280 g/mol. The van der Waals surface area contributed by atoms with Crippen LogP contribution in [0.3, 0.4) is 0 Å². The second kappa shape index (κ2) is 8.53. The average molecular weight is 298 g/mol. The van der Waals surface area contributed by atoms with Crippen LogP contribution < -0.4 is 10.6 Å². The first-order valence-electron chi connectivity index (χ1n) is 7.02. The first-order chi connectivity index (χ1) is 10.8. The standard InChI is InChI=1S/C16H18N4O2/c21-20(22)16-6-2-1-4-14(16)5-3-9-17-12-13-19-15-7-10-18-11-8-15/h1-8,10-11,17H,9,12-13H2,(H,18,19). The van der Waals surface area contributed by atoms with Crippen molar-refractivity contribution in [3.8, 4) is 0 Å². The summed E-state index contributed by atoms with van der Waals surface area (Å²) < 4.78 is 0. The van der Waals surface area contributed by atoms with Crippen molar-refractivity contribution in [1.82, 2.24) is 10.3 Å². The molecule has 0 atom stereocenters. The van der Waals surface area contributed by atoms with Crippen LogP contribution in [0.4, 0.5) is 11.4 Å². The number of rotatable bonds is 8. The predicted molar refractivity (Wildman–Crippen MR) is 87.7 cm³/mol. The minimum Gasteiger partial charge on any atom is -0.384 e. The minimum atomic E-state index is -0.369. The Morgan fingerprint density at radius 2 is 1.91 bits per heavy atom. The van der Waals surface area contributed by atoms with Gasteiger partial charge in [0.15, 0.2) is 0 Å². The van der Waals surface area contributed by atoms with Crippen molar-refractivity contribution in [2.45, 2.75) is 0 Å². The first-order valence-corrected chi connectivity index (χ1v) is 7.02. The molecule has 114 valence electrons. The van der Waals surface area contributed by atoms with Crippen LogP contribution in [0, 0.1) is 10.1 Å². The van der Waals surface area contributed by atoms with Crippen molar-refractivity contribution in [2.75, 3.05) is 25.0 Å². The van der Waals surface area contributed by atoms with Gasteiger partial charge in [0.05, 0.1) is 10.5 Å². The molecule has 0 fully saturated rings. The third-order valence-corrected chi connectivity index (χ3v) is 3.00. The van der Waals surface area contributed by atoms with Gasteiger partial charge in [0.25, 0.3) is 5.69 Å². The average Bonchev–Trinajstić information content (AvgIpc) is 2.55. The molecule has 0 spiro atoms. The molecule has 22 heavy (non-hydrogen) atoms. The first kappa shape index (κ1) is 15.7. The number of hydrogen-bond acceptors (Lipinski definition) is 5. The number of para-hydroxylation sites is 1. The van der Waals surface area contributed by atoms with Gasteiger partial charge < -0.3 is 10.6 Å². The summed E-state index contributed by atoms with van der Waals surface area (Å²) in [6, 6.07) is 10.5. The number of nitrogens with zero attached hydrogens (tertiary/aromatic N) is 2. The summed E-state index contributed by atoms with van der Waals surface area (Å²) in [7, 11) is 0. The van der Waals surface area contributed by atoms with Crippen molar-refractivity contribution < 1.29 is 4.92 Å². The van der Waals surface area contributed by atoms with Crippen LogP contribution in [0.1, 0.15) is 5.56 Å². The smallest absolute Gasteiger partial charge is 0.276 e. The highest BCUT2D eigenvalue weighted by molar-refractivity contribution is 5.60. The molecule has 1 heterocycles. The highest BCUT2D eigenvalue weighted by atomic mass is 16.6. The number of anilines is 1. The lowest BCUT2D eigenvalue weighted by Gasteiger charge is -2.05. The monoisotopic (exact) mass is 298 g/mol. The fraction of sp³-hybridized carbons (Fsp3) is 0.188. The van der Waals surface area contributed by atoms with Crippen molar-refractivity contribution in [1.29, 1.82) is 0 Å². The summed E-state index contributed by atoms with van der Waals surface area (Å²) in [5.41, 5.74) is 1.77. The summed E-state index contributed by atoms with van der Waals surface area (Å²) in [5, 5.41) is 17.4. The molecule has 6 heteroatoms. The van der Waals surface area contributed by atoms with Crippen LogP contribution in [0.25, 0.3) is 6.08 Å². The minimum absolute atomic E-state index is 0.123. The molecule has 0 saturated heterocycles. The van der Waals surface area contributed by atoms with E-state index in [9.17, 15) is 10.1 Å². The Bertz CT molecular complexity index is 629. The summed E-state index contributed by atoms with van der Waals surface area (Å²) in [6.07, 6.45) is 7.13. The zero-order chi connectivity index (χ0) is 15.6. The van der Waals surface area contributed by atoms with Gasteiger partial charge in [-0.3, -0.25) is 15.1 Å². The number of nitro groups is 1. The molecule has 0 saturated carbocycles. The van der Waals surface area contributed by atoms with Gasteiger partial charge in [-0.2, -0.15) is 0 Å². The summed E-state index contributed by atoms with van der Waals surface area (Å²) >= 11 is 0. The van der Waals surface area contributed by atoms with Crippen LogP contribution in [0.15, 0.2) is 54.9 Å². The van der Waals surface area contributed by atoms with E-state index in [4.69, 9.17) is 0 Å².